The Bertz CT molecular complexity index is 824. The van der Waals surface area contributed by atoms with Crippen LogP contribution in [0.15, 0.2) is 54.7 Å². The van der Waals surface area contributed by atoms with Crippen LogP contribution in [0.3, 0.4) is 0 Å². The molecule has 2 aliphatic rings. The average molecular weight is 377 g/mol. The molecule has 0 N–H and O–H groups in total. The Morgan fingerprint density at radius 3 is 2.46 bits per heavy atom. The summed E-state index contributed by atoms with van der Waals surface area (Å²) in [7, 11) is 0. The van der Waals surface area contributed by atoms with Crippen molar-refractivity contribution in [3.63, 3.8) is 0 Å². The molecule has 5 nitrogen and oxygen atoms in total. The number of amides is 2. The van der Waals surface area contributed by atoms with Gasteiger partial charge in [0.1, 0.15) is 5.69 Å². The van der Waals surface area contributed by atoms with Crippen molar-refractivity contribution in [1.82, 2.24) is 14.8 Å². The number of carbonyl (C=O) groups is 2. The Hall–Kier alpha value is -2.69. The van der Waals surface area contributed by atoms with Crippen LogP contribution in [-0.2, 0) is 4.79 Å². The first kappa shape index (κ1) is 18.7. The molecular weight excluding hydrogens is 350 g/mol. The number of hydrogen-bond donors (Lipinski definition) is 0. The summed E-state index contributed by atoms with van der Waals surface area (Å²) in [5.41, 5.74) is 1.68. The summed E-state index contributed by atoms with van der Waals surface area (Å²) in [6, 6.07) is 15.8. The monoisotopic (exact) mass is 377 g/mol. The minimum absolute atomic E-state index is 0.0129. The number of hydrogen-bond acceptors (Lipinski definition) is 3. The van der Waals surface area contributed by atoms with Gasteiger partial charge in [-0.2, -0.15) is 0 Å². The number of carbonyl (C=O) groups excluding carboxylic acids is 2. The molecule has 2 fully saturated rings. The summed E-state index contributed by atoms with van der Waals surface area (Å²) in [6.07, 6.45) is 5.78. The molecule has 3 atom stereocenters. The van der Waals surface area contributed by atoms with Crippen LogP contribution < -0.4 is 0 Å². The Morgan fingerprint density at radius 2 is 1.75 bits per heavy atom. The van der Waals surface area contributed by atoms with Crippen molar-refractivity contribution in [2.75, 3.05) is 13.1 Å². The van der Waals surface area contributed by atoms with Crippen molar-refractivity contribution in [2.45, 2.75) is 50.6 Å². The number of pyridine rings is 1. The topological polar surface area (TPSA) is 53.5 Å². The van der Waals surface area contributed by atoms with Gasteiger partial charge in [-0.25, -0.2) is 0 Å². The molecule has 2 amide bonds. The number of nitrogens with zero attached hydrogens (tertiary/aromatic N) is 3. The van der Waals surface area contributed by atoms with Gasteiger partial charge in [-0.15, -0.1) is 0 Å². The third-order valence-electron chi connectivity index (χ3n) is 6.14. The van der Waals surface area contributed by atoms with Crippen LogP contribution in [0.4, 0.5) is 0 Å². The molecule has 1 aromatic carbocycles. The fraction of sp³-hybridized carbons (Fsp3) is 0.435. The Balaban J connectivity index is 1.76. The average Bonchev–Trinajstić information content (AvgIpc) is 3.08. The molecule has 0 spiro atoms. The van der Waals surface area contributed by atoms with Gasteiger partial charge in [0.15, 0.2) is 0 Å². The Kier molecular flexibility index (Phi) is 5.42. The zero-order valence-corrected chi connectivity index (χ0v) is 16.3. The van der Waals surface area contributed by atoms with E-state index < -0.39 is 0 Å². The highest BCUT2D eigenvalue weighted by atomic mass is 16.2. The molecule has 3 heterocycles. The lowest BCUT2D eigenvalue weighted by molar-refractivity contribution is -0.130. The highest BCUT2D eigenvalue weighted by Crippen LogP contribution is 2.39. The zero-order chi connectivity index (χ0) is 19.5. The second-order valence-corrected chi connectivity index (χ2v) is 7.81. The summed E-state index contributed by atoms with van der Waals surface area (Å²) in [5, 5.41) is 0. The SMILES string of the molecule is CC(=O)N1C[C@@H](c2ccccc2)[C@H]2[C@H]1CCCCCN2C(=O)c1ccccn1. The van der Waals surface area contributed by atoms with E-state index in [0.717, 1.165) is 25.7 Å². The van der Waals surface area contributed by atoms with Gasteiger partial charge in [0.2, 0.25) is 5.91 Å². The fourth-order valence-electron chi connectivity index (χ4n) is 4.86. The van der Waals surface area contributed by atoms with E-state index in [1.807, 2.05) is 40.1 Å². The zero-order valence-electron chi connectivity index (χ0n) is 16.3. The van der Waals surface area contributed by atoms with Gasteiger partial charge in [0.05, 0.1) is 12.1 Å². The summed E-state index contributed by atoms with van der Waals surface area (Å²) >= 11 is 0. The van der Waals surface area contributed by atoms with E-state index in [1.165, 1.54) is 5.56 Å². The van der Waals surface area contributed by atoms with Gasteiger partial charge in [-0.3, -0.25) is 14.6 Å². The summed E-state index contributed by atoms with van der Waals surface area (Å²) < 4.78 is 0. The molecule has 0 radical (unpaired) electrons. The van der Waals surface area contributed by atoms with Crippen LogP contribution in [0.2, 0.25) is 0 Å². The minimum atomic E-state index is -0.0242. The van der Waals surface area contributed by atoms with Crippen LogP contribution in [-0.4, -0.2) is 51.8 Å². The van der Waals surface area contributed by atoms with E-state index in [9.17, 15) is 9.59 Å². The van der Waals surface area contributed by atoms with Gasteiger partial charge in [0, 0.05) is 32.1 Å². The Morgan fingerprint density at radius 1 is 0.964 bits per heavy atom. The van der Waals surface area contributed by atoms with Crippen molar-refractivity contribution in [3.8, 4) is 0 Å². The number of fused-ring (bicyclic) bond motifs is 1. The van der Waals surface area contributed by atoms with Crippen molar-refractivity contribution >= 4 is 11.8 Å². The van der Waals surface area contributed by atoms with Crippen LogP contribution in [0.5, 0.6) is 0 Å². The van der Waals surface area contributed by atoms with Crippen LogP contribution in [0.25, 0.3) is 0 Å². The second-order valence-electron chi connectivity index (χ2n) is 7.81. The van der Waals surface area contributed by atoms with Crippen LogP contribution in [0, 0.1) is 0 Å². The van der Waals surface area contributed by atoms with Crippen molar-refractivity contribution < 1.29 is 9.59 Å². The Labute approximate surface area is 166 Å². The van der Waals surface area contributed by atoms with E-state index >= 15 is 0 Å². The van der Waals surface area contributed by atoms with E-state index in [2.05, 4.69) is 17.1 Å². The maximum absolute atomic E-state index is 13.4. The van der Waals surface area contributed by atoms with Gasteiger partial charge >= 0.3 is 0 Å². The summed E-state index contributed by atoms with van der Waals surface area (Å²) in [5.74, 6) is 0.198. The minimum Gasteiger partial charge on any atom is -0.337 e. The smallest absolute Gasteiger partial charge is 0.272 e. The highest BCUT2D eigenvalue weighted by molar-refractivity contribution is 5.92. The summed E-state index contributed by atoms with van der Waals surface area (Å²) in [6.45, 7) is 3.03. The first-order valence-corrected chi connectivity index (χ1v) is 10.2. The predicted molar refractivity (Wildman–Crippen MR) is 108 cm³/mol. The standard InChI is InChI=1S/C23H27N3O2/c1-17(27)26-16-19(18-10-4-2-5-11-18)22-21(26)13-6-3-9-15-25(22)23(28)20-12-7-8-14-24-20/h2,4-5,7-8,10-12,14,19,21-22H,3,6,9,13,15-16H2,1H3/t19-,21+,22-/m0/s1. The molecule has 146 valence electrons. The predicted octanol–water partition coefficient (Wildman–Crippen LogP) is 3.48. The molecule has 0 bridgehead atoms. The molecule has 0 saturated carbocycles. The fourth-order valence-corrected chi connectivity index (χ4v) is 4.86. The number of aromatic nitrogens is 1. The van der Waals surface area contributed by atoms with Crippen molar-refractivity contribution in [1.29, 1.82) is 0 Å². The van der Waals surface area contributed by atoms with Crippen LogP contribution in [0.1, 0.15) is 54.6 Å². The lowest BCUT2D eigenvalue weighted by Gasteiger charge is -2.39. The lowest BCUT2D eigenvalue weighted by Crippen LogP contribution is -2.51. The molecule has 0 aliphatic carbocycles. The quantitative estimate of drug-likeness (QED) is 0.805. The third kappa shape index (κ3) is 3.53. The number of benzene rings is 1. The van der Waals surface area contributed by atoms with E-state index in [4.69, 9.17) is 0 Å². The number of likely N-dealkylation sites (tertiary alicyclic amines) is 2. The van der Waals surface area contributed by atoms with E-state index in [1.54, 1.807) is 19.2 Å². The number of rotatable bonds is 2. The third-order valence-corrected chi connectivity index (χ3v) is 6.14. The van der Waals surface area contributed by atoms with Crippen molar-refractivity contribution in [2.24, 2.45) is 0 Å². The molecule has 2 saturated heterocycles. The highest BCUT2D eigenvalue weighted by Gasteiger charge is 2.48. The van der Waals surface area contributed by atoms with Gasteiger partial charge in [0.25, 0.3) is 5.91 Å². The molecule has 2 aliphatic heterocycles. The van der Waals surface area contributed by atoms with E-state index in [0.29, 0.717) is 18.8 Å². The second kappa shape index (κ2) is 8.13. The lowest BCUT2D eigenvalue weighted by atomic mass is 9.86. The van der Waals surface area contributed by atoms with E-state index in [-0.39, 0.29) is 29.8 Å². The molecule has 5 heteroatoms. The molecule has 1 aromatic heterocycles. The first-order chi connectivity index (χ1) is 13.7. The normalized spacial score (nSPS) is 25.0. The maximum atomic E-state index is 13.4. The molecule has 28 heavy (non-hydrogen) atoms. The van der Waals surface area contributed by atoms with Crippen molar-refractivity contribution in [3.05, 3.63) is 66.0 Å². The van der Waals surface area contributed by atoms with Gasteiger partial charge in [-0.1, -0.05) is 49.2 Å². The van der Waals surface area contributed by atoms with Gasteiger partial charge < -0.3 is 9.80 Å². The van der Waals surface area contributed by atoms with Crippen LogP contribution >= 0.6 is 0 Å². The molecule has 2 aromatic rings. The first-order valence-electron chi connectivity index (χ1n) is 10.2. The molecule has 0 unspecified atom stereocenters. The maximum Gasteiger partial charge on any atom is 0.272 e. The molecular formula is C23H27N3O2. The largest absolute Gasteiger partial charge is 0.337 e. The molecule has 4 rings (SSSR count). The summed E-state index contributed by atoms with van der Waals surface area (Å²) in [4.78, 5) is 34.2. The van der Waals surface area contributed by atoms with Gasteiger partial charge in [-0.05, 0) is 30.5 Å².